The standard InChI is InChI=1S/C27H31ClN4O4/c1-30-23-4-3-18(28)13-22(23)27(26(30)35)6-8-31(9-7-27)10-11-36-21-12-17-2-5-24(34)32(25(17)29-16-21)19-14-20(33)15-19/h3-4,12-13,16,19-20,33H,2,5-11,14-15H2,1H3. The predicted octanol–water partition coefficient (Wildman–Crippen LogP) is 2.93. The lowest BCUT2D eigenvalue weighted by atomic mass is 9.73. The molecule has 0 unspecified atom stereocenters. The Morgan fingerprint density at radius 2 is 1.94 bits per heavy atom. The average molecular weight is 511 g/mol. The number of nitrogens with zero attached hydrogens (tertiary/aromatic N) is 4. The van der Waals surface area contributed by atoms with E-state index < -0.39 is 5.41 Å². The summed E-state index contributed by atoms with van der Waals surface area (Å²) in [4.78, 5) is 36.1. The summed E-state index contributed by atoms with van der Waals surface area (Å²) in [6, 6.07) is 7.79. The van der Waals surface area contributed by atoms with Crippen LogP contribution in [0, 0.1) is 0 Å². The van der Waals surface area contributed by atoms with Crippen LogP contribution in [-0.2, 0) is 21.4 Å². The van der Waals surface area contributed by atoms with E-state index in [0.717, 1.165) is 49.3 Å². The Morgan fingerprint density at radius 3 is 2.69 bits per heavy atom. The zero-order valence-electron chi connectivity index (χ0n) is 20.5. The maximum Gasteiger partial charge on any atom is 0.237 e. The molecular formula is C27H31ClN4O4. The van der Waals surface area contributed by atoms with E-state index in [0.29, 0.717) is 48.9 Å². The van der Waals surface area contributed by atoms with E-state index in [4.69, 9.17) is 16.3 Å². The highest BCUT2D eigenvalue weighted by Gasteiger charge is 2.51. The van der Waals surface area contributed by atoms with Crippen molar-refractivity contribution in [3.05, 3.63) is 46.6 Å². The largest absolute Gasteiger partial charge is 0.491 e. The van der Waals surface area contributed by atoms with Crippen LogP contribution in [0.5, 0.6) is 5.75 Å². The number of carbonyl (C=O) groups excluding carboxylic acids is 2. The van der Waals surface area contributed by atoms with Crippen LogP contribution in [-0.4, -0.2) is 72.2 Å². The molecule has 0 radical (unpaired) electrons. The smallest absolute Gasteiger partial charge is 0.237 e. The van der Waals surface area contributed by atoms with Crippen molar-refractivity contribution in [3.63, 3.8) is 0 Å². The molecule has 1 saturated heterocycles. The van der Waals surface area contributed by atoms with E-state index in [-0.39, 0.29) is 24.0 Å². The fraction of sp³-hybridized carbons (Fsp3) is 0.519. The Morgan fingerprint density at radius 1 is 1.17 bits per heavy atom. The second kappa shape index (κ2) is 9.01. The number of carbonyl (C=O) groups is 2. The first-order chi connectivity index (χ1) is 17.4. The van der Waals surface area contributed by atoms with Crippen molar-refractivity contribution in [2.45, 2.75) is 56.1 Å². The topological polar surface area (TPSA) is 86.2 Å². The number of likely N-dealkylation sites (N-methyl/N-ethyl adjacent to an activating group) is 1. The minimum absolute atomic E-state index is 0.0442. The molecule has 1 saturated carbocycles. The van der Waals surface area contributed by atoms with Crippen LogP contribution in [0.15, 0.2) is 30.5 Å². The van der Waals surface area contributed by atoms with E-state index >= 15 is 0 Å². The number of aliphatic hydroxyl groups is 1. The van der Waals surface area contributed by atoms with Crippen LogP contribution in [0.25, 0.3) is 0 Å². The Kier molecular flexibility index (Phi) is 5.93. The van der Waals surface area contributed by atoms with E-state index in [1.807, 2.05) is 31.3 Å². The number of anilines is 2. The molecule has 4 heterocycles. The molecule has 2 amide bonds. The maximum absolute atomic E-state index is 13.2. The number of halogens is 1. The highest BCUT2D eigenvalue weighted by atomic mass is 35.5. The molecule has 1 aromatic heterocycles. The zero-order valence-corrected chi connectivity index (χ0v) is 21.2. The van der Waals surface area contributed by atoms with Gasteiger partial charge in [0.1, 0.15) is 18.2 Å². The molecule has 0 bridgehead atoms. The molecule has 3 aliphatic heterocycles. The average Bonchev–Trinajstić information content (AvgIpc) is 3.05. The van der Waals surface area contributed by atoms with Gasteiger partial charge in [-0.1, -0.05) is 11.6 Å². The first-order valence-electron chi connectivity index (χ1n) is 12.8. The number of aliphatic hydroxyl groups excluding tert-OH is 1. The van der Waals surface area contributed by atoms with E-state index in [1.165, 1.54) is 0 Å². The number of ether oxygens (including phenoxy) is 1. The summed E-state index contributed by atoms with van der Waals surface area (Å²) >= 11 is 6.28. The Balaban J connectivity index is 1.06. The minimum atomic E-state index is -0.478. The normalized spacial score (nSPS) is 25.1. The summed E-state index contributed by atoms with van der Waals surface area (Å²) in [5.74, 6) is 1.67. The highest BCUT2D eigenvalue weighted by molar-refractivity contribution is 6.31. The quantitative estimate of drug-likeness (QED) is 0.665. The van der Waals surface area contributed by atoms with Gasteiger partial charge in [-0.05, 0) is 80.6 Å². The Labute approximate surface area is 215 Å². The van der Waals surface area contributed by atoms with Gasteiger partial charge in [-0.15, -0.1) is 0 Å². The van der Waals surface area contributed by atoms with Crippen molar-refractivity contribution in [1.29, 1.82) is 0 Å². The molecule has 6 rings (SSSR count). The Hall–Kier alpha value is -2.68. The van der Waals surface area contributed by atoms with Gasteiger partial charge in [0, 0.05) is 36.8 Å². The van der Waals surface area contributed by atoms with Crippen molar-refractivity contribution in [3.8, 4) is 5.75 Å². The lowest BCUT2D eigenvalue weighted by Crippen LogP contribution is -2.52. The lowest BCUT2D eigenvalue weighted by Gasteiger charge is -2.42. The van der Waals surface area contributed by atoms with Gasteiger partial charge in [0.05, 0.1) is 17.7 Å². The number of aryl methyl sites for hydroxylation is 1. The number of hydrogen-bond donors (Lipinski definition) is 1. The van der Waals surface area contributed by atoms with E-state index in [2.05, 4.69) is 9.88 Å². The maximum atomic E-state index is 13.2. The second-order valence-corrected chi connectivity index (χ2v) is 10.9. The first-order valence-corrected chi connectivity index (χ1v) is 13.2. The summed E-state index contributed by atoms with van der Waals surface area (Å²) in [6.45, 7) is 2.94. The number of benzene rings is 1. The van der Waals surface area contributed by atoms with Crippen LogP contribution in [0.4, 0.5) is 11.5 Å². The SMILES string of the molecule is CN1C(=O)C2(CCN(CCOc3cnc4c(c3)CCC(=O)N4C3CC(O)C3)CC2)c2cc(Cl)ccc21. The Bertz CT molecular complexity index is 1210. The first kappa shape index (κ1) is 23.7. The molecular weight excluding hydrogens is 480 g/mol. The third-order valence-corrected chi connectivity index (χ3v) is 8.65. The molecule has 1 aromatic carbocycles. The number of piperidine rings is 1. The van der Waals surface area contributed by atoms with E-state index in [1.54, 1.807) is 16.0 Å². The van der Waals surface area contributed by atoms with Crippen LogP contribution in [0.1, 0.15) is 43.2 Å². The van der Waals surface area contributed by atoms with Gasteiger partial charge >= 0.3 is 0 Å². The molecule has 9 heteroatoms. The fourth-order valence-electron chi connectivity index (χ4n) is 6.25. The fourth-order valence-corrected chi connectivity index (χ4v) is 6.42. The number of pyridine rings is 1. The van der Waals surface area contributed by atoms with Gasteiger partial charge in [0.25, 0.3) is 0 Å². The van der Waals surface area contributed by atoms with Crippen molar-refractivity contribution < 1.29 is 19.4 Å². The molecule has 2 aromatic rings. The predicted molar refractivity (Wildman–Crippen MR) is 137 cm³/mol. The van der Waals surface area contributed by atoms with Crippen LogP contribution in [0.2, 0.25) is 5.02 Å². The second-order valence-electron chi connectivity index (χ2n) is 10.5. The van der Waals surface area contributed by atoms with Gasteiger partial charge in [0.15, 0.2) is 0 Å². The summed E-state index contributed by atoms with van der Waals surface area (Å²) < 4.78 is 6.04. The number of amides is 2. The number of likely N-dealkylation sites (tertiary alicyclic amines) is 1. The lowest BCUT2D eigenvalue weighted by molar-refractivity contribution is -0.124. The molecule has 1 aliphatic carbocycles. The van der Waals surface area contributed by atoms with Crippen LogP contribution < -0.4 is 14.5 Å². The molecule has 190 valence electrons. The number of rotatable bonds is 5. The molecule has 4 aliphatic rings. The van der Waals surface area contributed by atoms with Crippen molar-refractivity contribution in [1.82, 2.24) is 9.88 Å². The number of fused-ring (bicyclic) bond motifs is 3. The van der Waals surface area contributed by atoms with Gasteiger partial charge < -0.3 is 14.7 Å². The van der Waals surface area contributed by atoms with Crippen LogP contribution >= 0.6 is 11.6 Å². The zero-order chi connectivity index (χ0) is 25.0. The minimum Gasteiger partial charge on any atom is -0.491 e. The van der Waals surface area contributed by atoms with Crippen molar-refractivity contribution >= 4 is 34.9 Å². The third kappa shape index (κ3) is 3.86. The summed E-state index contributed by atoms with van der Waals surface area (Å²) in [5.41, 5.74) is 2.57. The molecule has 8 nitrogen and oxygen atoms in total. The highest BCUT2D eigenvalue weighted by Crippen LogP contribution is 2.48. The molecule has 0 atom stereocenters. The molecule has 2 fully saturated rings. The molecule has 1 N–H and O–H groups in total. The van der Waals surface area contributed by atoms with Gasteiger partial charge in [-0.3, -0.25) is 19.4 Å². The number of aromatic nitrogens is 1. The third-order valence-electron chi connectivity index (χ3n) is 8.41. The summed E-state index contributed by atoms with van der Waals surface area (Å²) in [7, 11) is 1.85. The van der Waals surface area contributed by atoms with Gasteiger partial charge in [-0.2, -0.15) is 0 Å². The van der Waals surface area contributed by atoms with Gasteiger partial charge in [-0.25, -0.2) is 4.98 Å². The van der Waals surface area contributed by atoms with Crippen molar-refractivity contribution in [2.75, 3.05) is 43.1 Å². The molecule has 36 heavy (non-hydrogen) atoms. The number of hydrogen-bond acceptors (Lipinski definition) is 6. The van der Waals surface area contributed by atoms with E-state index in [9.17, 15) is 14.7 Å². The summed E-state index contributed by atoms with van der Waals surface area (Å²) in [5, 5.41) is 10.3. The van der Waals surface area contributed by atoms with Gasteiger partial charge in [0.2, 0.25) is 11.8 Å². The monoisotopic (exact) mass is 510 g/mol. The molecule has 1 spiro atoms. The van der Waals surface area contributed by atoms with Crippen molar-refractivity contribution in [2.24, 2.45) is 0 Å². The summed E-state index contributed by atoms with van der Waals surface area (Å²) in [6.07, 6.45) is 5.26. The van der Waals surface area contributed by atoms with Crippen LogP contribution in [0.3, 0.4) is 0 Å².